The molecule has 1 aromatic heterocycles. The number of alkyl halides is 3. The molecule has 0 spiro atoms. The molecule has 162 valence electrons. The third-order valence-corrected chi connectivity index (χ3v) is 4.27. The van der Waals surface area contributed by atoms with Gasteiger partial charge in [-0.05, 0) is 36.4 Å². The lowest BCUT2D eigenvalue weighted by atomic mass is 10.1. The van der Waals surface area contributed by atoms with Gasteiger partial charge in [0.25, 0.3) is 5.91 Å². The zero-order valence-corrected chi connectivity index (χ0v) is 17.2. The van der Waals surface area contributed by atoms with Crippen molar-refractivity contribution in [3.05, 3.63) is 65.2 Å². The molecule has 0 aliphatic rings. The minimum Gasteiger partial charge on any atom is -0.482 e. The molecule has 0 aliphatic carbocycles. The zero-order valence-electron chi connectivity index (χ0n) is 15.6. The number of halogens is 4. The minimum atomic E-state index is -4.61. The molecule has 0 saturated heterocycles. The van der Waals surface area contributed by atoms with Crippen LogP contribution in [0.3, 0.4) is 0 Å². The van der Waals surface area contributed by atoms with Gasteiger partial charge in [0.15, 0.2) is 13.2 Å². The molecule has 1 N–H and O–H groups in total. The number of benzene rings is 2. The molecule has 0 unspecified atom stereocenters. The number of aromatic nitrogens is 3. The maximum Gasteiger partial charge on any atom is 0.416 e. The van der Waals surface area contributed by atoms with Crippen LogP contribution in [0.15, 0.2) is 59.6 Å². The Morgan fingerprint density at radius 3 is 2.61 bits per heavy atom. The number of ether oxygens (including phenoxy) is 2. The van der Waals surface area contributed by atoms with Gasteiger partial charge in [-0.25, -0.2) is 14.5 Å². The highest BCUT2D eigenvalue weighted by molar-refractivity contribution is 9.10. The largest absolute Gasteiger partial charge is 0.482 e. The van der Waals surface area contributed by atoms with E-state index in [0.717, 1.165) is 22.7 Å². The number of hydrogen-bond donors (Lipinski definition) is 1. The second-order valence-electron chi connectivity index (χ2n) is 6.02. The first kappa shape index (κ1) is 22.3. The molecular formula is C19H14BrF3N4O4. The molecule has 0 radical (unpaired) electrons. The summed E-state index contributed by atoms with van der Waals surface area (Å²) in [6.45, 7) is -1.16. The van der Waals surface area contributed by atoms with E-state index < -0.39 is 36.8 Å². The minimum absolute atomic E-state index is 0.156. The SMILES string of the molecule is O=C(COC(=O)COc1cccc(Br)c1)Nc1cc(C(F)(F)F)ccc1-n1cncn1. The van der Waals surface area contributed by atoms with E-state index in [1.54, 1.807) is 24.3 Å². The summed E-state index contributed by atoms with van der Waals surface area (Å²) in [5.74, 6) is -1.25. The van der Waals surface area contributed by atoms with Crippen molar-refractivity contribution < 1.29 is 32.2 Å². The number of nitrogens with one attached hydrogen (secondary N) is 1. The molecule has 0 atom stereocenters. The molecule has 2 aromatic carbocycles. The fourth-order valence-corrected chi connectivity index (χ4v) is 2.80. The van der Waals surface area contributed by atoms with Gasteiger partial charge in [0.1, 0.15) is 18.4 Å². The van der Waals surface area contributed by atoms with Gasteiger partial charge >= 0.3 is 12.1 Å². The number of anilines is 1. The fraction of sp³-hybridized carbons (Fsp3) is 0.158. The Kier molecular flexibility index (Phi) is 6.90. The topological polar surface area (TPSA) is 95.3 Å². The Morgan fingerprint density at radius 1 is 1.13 bits per heavy atom. The smallest absolute Gasteiger partial charge is 0.416 e. The fourth-order valence-electron chi connectivity index (χ4n) is 2.42. The first-order valence-corrected chi connectivity index (χ1v) is 9.42. The predicted octanol–water partition coefficient (Wildman–Crippen LogP) is 3.61. The van der Waals surface area contributed by atoms with Crippen molar-refractivity contribution in [2.45, 2.75) is 6.18 Å². The highest BCUT2D eigenvalue weighted by Gasteiger charge is 2.31. The summed E-state index contributed by atoms with van der Waals surface area (Å²) >= 11 is 3.26. The monoisotopic (exact) mass is 498 g/mol. The predicted molar refractivity (Wildman–Crippen MR) is 106 cm³/mol. The van der Waals surface area contributed by atoms with Gasteiger partial charge in [-0.15, -0.1) is 0 Å². The summed E-state index contributed by atoms with van der Waals surface area (Å²) in [6, 6.07) is 9.50. The van der Waals surface area contributed by atoms with Crippen LogP contribution in [0.2, 0.25) is 0 Å². The van der Waals surface area contributed by atoms with Crippen molar-refractivity contribution in [2.75, 3.05) is 18.5 Å². The molecule has 1 amide bonds. The molecular weight excluding hydrogens is 485 g/mol. The molecule has 0 aliphatic heterocycles. The number of carbonyl (C=O) groups is 2. The van der Waals surface area contributed by atoms with E-state index in [2.05, 4.69) is 31.3 Å². The molecule has 0 bridgehead atoms. The molecule has 31 heavy (non-hydrogen) atoms. The average molecular weight is 499 g/mol. The van der Waals surface area contributed by atoms with Crippen LogP contribution in [0.5, 0.6) is 5.75 Å². The number of esters is 1. The summed E-state index contributed by atoms with van der Waals surface area (Å²) in [7, 11) is 0. The van der Waals surface area contributed by atoms with Gasteiger partial charge in [-0.2, -0.15) is 18.3 Å². The Balaban J connectivity index is 1.62. The first-order valence-electron chi connectivity index (χ1n) is 8.62. The van der Waals surface area contributed by atoms with Crippen molar-refractivity contribution in [3.63, 3.8) is 0 Å². The number of carbonyl (C=O) groups excluding carboxylic acids is 2. The van der Waals surface area contributed by atoms with Gasteiger partial charge in [0, 0.05) is 4.47 Å². The van der Waals surface area contributed by atoms with Gasteiger partial charge in [0.2, 0.25) is 0 Å². The molecule has 12 heteroatoms. The molecule has 8 nitrogen and oxygen atoms in total. The second kappa shape index (κ2) is 9.60. The second-order valence-corrected chi connectivity index (χ2v) is 6.94. The van der Waals surface area contributed by atoms with Crippen molar-refractivity contribution in [3.8, 4) is 11.4 Å². The Hall–Kier alpha value is -3.41. The van der Waals surface area contributed by atoms with Crippen LogP contribution in [0.25, 0.3) is 5.69 Å². The van der Waals surface area contributed by atoms with E-state index in [4.69, 9.17) is 9.47 Å². The van der Waals surface area contributed by atoms with Crippen LogP contribution in [0.4, 0.5) is 18.9 Å². The first-order chi connectivity index (χ1) is 14.7. The number of rotatable bonds is 7. The quantitative estimate of drug-likeness (QED) is 0.500. The van der Waals surface area contributed by atoms with Crippen LogP contribution >= 0.6 is 15.9 Å². The Morgan fingerprint density at radius 2 is 1.94 bits per heavy atom. The summed E-state index contributed by atoms with van der Waals surface area (Å²) in [4.78, 5) is 27.7. The van der Waals surface area contributed by atoms with Crippen LogP contribution in [0.1, 0.15) is 5.56 Å². The Labute approximate surface area is 182 Å². The highest BCUT2D eigenvalue weighted by Crippen LogP contribution is 2.33. The van der Waals surface area contributed by atoms with E-state index in [-0.39, 0.29) is 11.4 Å². The van der Waals surface area contributed by atoms with Gasteiger partial charge in [-0.3, -0.25) is 4.79 Å². The van der Waals surface area contributed by atoms with E-state index in [1.807, 2.05) is 0 Å². The number of hydrogen-bond acceptors (Lipinski definition) is 6. The molecule has 0 saturated carbocycles. The lowest BCUT2D eigenvalue weighted by Gasteiger charge is -2.14. The maximum atomic E-state index is 13.0. The summed E-state index contributed by atoms with van der Waals surface area (Å²) in [5.41, 5.74) is -0.985. The van der Waals surface area contributed by atoms with Gasteiger partial charge in [0.05, 0.1) is 16.9 Å². The van der Waals surface area contributed by atoms with Crippen LogP contribution in [-0.2, 0) is 20.5 Å². The van der Waals surface area contributed by atoms with E-state index in [9.17, 15) is 22.8 Å². The third kappa shape index (κ3) is 6.28. The maximum absolute atomic E-state index is 13.0. The molecule has 1 heterocycles. The van der Waals surface area contributed by atoms with Crippen molar-refractivity contribution in [1.29, 1.82) is 0 Å². The molecule has 0 fully saturated rings. The normalized spacial score (nSPS) is 11.1. The van der Waals surface area contributed by atoms with Crippen molar-refractivity contribution in [2.24, 2.45) is 0 Å². The van der Waals surface area contributed by atoms with E-state index >= 15 is 0 Å². The van der Waals surface area contributed by atoms with Gasteiger partial charge in [-0.1, -0.05) is 22.0 Å². The lowest BCUT2D eigenvalue weighted by molar-refractivity contribution is -0.149. The average Bonchev–Trinajstić information content (AvgIpc) is 3.25. The Bertz CT molecular complexity index is 1070. The summed E-state index contributed by atoms with van der Waals surface area (Å²) < 4.78 is 51.1. The van der Waals surface area contributed by atoms with Crippen LogP contribution in [-0.4, -0.2) is 39.9 Å². The molecule has 3 rings (SSSR count). The van der Waals surface area contributed by atoms with Gasteiger partial charge < -0.3 is 14.8 Å². The number of nitrogens with zero attached hydrogens (tertiary/aromatic N) is 3. The van der Waals surface area contributed by atoms with E-state index in [0.29, 0.717) is 5.75 Å². The molecule has 3 aromatic rings. The van der Waals surface area contributed by atoms with E-state index in [1.165, 1.54) is 17.3 Å². The standard InChI is InChI=1S/C19H14BrF3N4O4/c20-13-2-1-3-14(7-13)30-9-18(29)31-8-17(28)26-15-6-12(19(21,22)23)4-5-16(15)27-11-24-10-25-27/h1-7,10-11H,8-9H2,(H,26,28). The van der Waals surface area contributed by atoms with Crippen molar-refractivity contribution in [1.82, 2.24) is 14.8 Å². The summed E-state index contributed by atoms with van der Waals surface area (Å²) in [6.07, 6.45) is -2.16. The number of amides is 1. The third-order valence-electron chi connectivity index (χ3n) is 3.78. The van der Waals surface area contributed by atoms with Crippen LogP contribution in [0, 0.1) is 0 Å². The van der Waals surface area contributed by atoms with Crippen molar-refractivity contribution >= 4 is 33.5 Å². The van der Waals surface area contributed by atoms with Crippen LogP contribution < -0.4 is 10.1 Å². The lowest BCUT2D eigenvalue weighted by Crippen LogP contribution is -2.24. The zero-order chi connectivity index (χ0) is 22.4. The summed E-state index contributed by atoms with van der Waals surface area (Å²) in [5, 5.41) is 6.14. The highest BCUT2D eigenvalue weighted by atomic mass is 79.9.